The number of pyridine rings is 1. The first-order valence-corrected chi connectivity index (χ1v) is 13.2. The second-order valence-corrected chi connectivity index (χ2v) is 10.3. The minimum atomic E-state index is -4.87. The van der Waals surface area contributed by atoms with Gasteiger partial charge in [-0.2, -0.15) is 26.3 Å². The van der Waals surface area contributed by atoms with Crippen LogP contribution in [0.5, 0.6) is 0 Å². The van der Waals surface area contributed by atoms with Gasteiger partial charge in [0.05, 0.1) is 16.6 Å². The Labute approximate surface area is 228 Å². The molecule has 3 aromatic carbocycles. The summed E-state index contributed by atoms with van der Waals surface area (Å²) >= 11 is 0. The van der Waals surface area contributed by atoms with Gasteiger partial charge in [0.2, 0.25) is 0 Å². The summed E-state index contributed by atoms with van der Waals surface area (Å²) in [5.74, 6) is 0. The number of benzene rings is 3. The monoisotopic (exact) mass is 557 g/mol. The third-order valence-corrected chi connectivity index (χ3v) is 7.51. The van der Waals surface area contributed by atoms with Crippen molar-refractivity contribution in [1.29, 1.82) is 0 Å². The van der Waals surface area contributed by atoms with E-state index in [9.17, 15) is 26.3 Å². The smallest absolute Gasteiger partial charge is 0.310 e. The minimum absolute atomic E-state index is 0.00616. The number of hydrogen-bond acceptors (Lipinski definition) is 3. The average Bonchev–Trinajstić information content (AvgIpc) is 2.92. The lowest BCUT2D eigenvalue weighted by Crippen LogP contribution is -2.49. The van der Waals surface area contributed by atoms with E-state index in [1.165, 1.54) is 0 Å². The summed E-state index contributed by atoms with van der Waals surface area (Å²) in [7, 11) is 0. The molecule has 2 atom stereocenters. The number of rotatable bonds is 7. The third-order valence-electron chi connectivity index (χ3n) is 7.51. The van der Waals surface area contributed by atoms with Gasteiger partial charge in [0.25, 0.3) is 0 Å². The molecule has 1 fully saturated rings. The van der Waals surface area contributed by atoms with Gasteiger partial charge in [0.15, 0.2) is 0 Å². The molecule has 1 aliphatic rings. The van der Waals surface area contributed by atoms with Gasteiger partial charge in [0, 0.05) is 43.3 Å². The second-order valence-electron chi connectivity index (χ2n) is 10.3. The molecule has 40 heavy (non-hydrogen) atoms. The molecule has 2 heterocycles. The Bertz CT molecular complexity index is 1400. The van der Waals surface area contributed by atoms with E-state index < -0.39 is 23.5 Å². The summed E-state index contributed by atoms with van der Waals surface area (Å²) in [5, 5.41) is 4.71. The fourth-order valence-corrected chi connectivity index (χ4v) is 5.50. The van der Waals surface area contributed by atoms with E-state index in [0.29, 0.717) is 25.9 Å². The topological polar surface area (TPSA) is 28.2 Å². The SMILES string of the molecule is FC(F)(F)c1cc(CN2CCC(NCc3ccnc4ccccc34)CC2Cc2ccccc2)cc(C(F)(F)F)c1. The standard InChI is InChI=1S/C31H29F6N3/c32-30(33,34)24-14-22(15-25(17-24)31(35,36)37)20-40-13-11-26(18-27(40)16-21-6-2-1-3-7-21)39-19-23-10-12-38-29-9-5-4-8-28(23)29/h1-10,12,14-15,17,26-27,39H,11,13,16,18-20H2. The Morgan fingerprint density at radius 3 is 2.17 bits per heavy atom. The van der Waals surface area contributed by atoms with E-state index >= 15 is 0 Å². The van der Waals surface area contributed by atoms with Gasteiger partial charge in [-0.15, -0.1) is 0 Å². The van der Waals surface area contributed by atoms with Gasteiger partial charge in [-0.05, 0) is 66.3 Å². The predicted octanol–water partition coefficient (Wildman–Crippen LogP) is 7.64. The van der Waals surface area contributed by atoms with E-state index in [0.717, 1.165) is 40.6 Å². The van der Waals surface area contributed by atoms with E-state index in [4.69, 9.17) is 0 Å². The van der Waals surface area contributed by atoms with E-state index in [2.05, 4.69) is 10.3 Å². The van der Waals surface area contributed by atoms with Crippen LogP contribution in [0.15, 0.2) is 85.1 Å². The van der Waals surface area contributed by atoms with Crippen LogP contribution in [0.1, 0.15) is 40.7 Å². The fourth-order valence-electron chi connectivity index (χ4n) is 5.50. The highest BCUT2D eigenvalue weighted by atomic mass is 19.4. The van der Waals surface area contributed by atoms with Gasteiger partial charge in [-0.3, -0.25) is 9.88 Å². The van der Waals surface area contributed by atoms with Crippen LogP contribution in [-0.4, -0.2) is 28.5 Å². The van der Waals surface area contributed by atoms with Crippen LogP contribution in [0.25, 0.3) is 10.9 Å². The van der Waals surface area contributed by atoms with Crippen molar-refractivity contribution in [2.45, 2.75) is 56.8 Å². The van der Waals surface area contributed by atoms with Gasteiger partial charge in [-0.1, -0.05) is 48.5 Å². The zero-order valence-electron chi connectivity index (χ0n) is 21.6. The van der Waals surface area contributed by atoms with Gasteiger partial charge in [0.1, 0.15) is 0 Å². The molecule has 0 bridgehead atoms. The lowest BCUT2D eigenvalue weighted by molar-refractivity contribution is -0.143. The molecule has 4 aromatic rings. The van der Waals surface area contributed by atoms with Crippen LogP contribution in [0.4, 0.5) is 26.3 Å². The molecular formula is C31H29F6N3. The largest absolute Gasteiger partial charge is 0.416 e. The molecule has 0 spiro atoms. The number of nitrogens with zero attached hydrogens (tertiary/aromatic N) is 2. The number of para-hydroxylation sites is 1. The summed E-state index contributed by atoms with van der Waals surface area (Å²) in [5.41, 5.74) is 0.554. The molecule has 1 saturated heterocycles. The summed E-state index contributed by atoms with van der Waals surface area (Å²) in [6.07, 6.45) is -5.88. The Morgan fingerprint density at radius 1 is 0.800 bits per heavy atom. The number of hydrogen-bond donors (Lipinski definition) is 1. The molecule has 1 N–H and O–H groups in total. The number of alkyl halides is 6. The number of piperidine rings is 1. The molecule has 9 heteroatoms. The van der Waals surface area contributed by atoms with Gasteiger partial charge >= 0.3 is 12.4 Å². The maximum absolute atomic E-state index is 13.5. The van der Waals surface area contributed by atoms with Crippen LogP contribution < -0.4 is 5.32 Å². The van der Waals surface area contributed by atoms with Crippen molar-refractivity contribution < 1.29 is 26.3 Å². The van der Waals surface area contributed by atoms with Crippen LogP contribution in [0.3, 0.4) is 0 Å². The second kappa shape index (κ2) is 11.6. The Balaban J connectivity index is 1.36. The zero-order chi connectivity index (χ0) is 28.3. The molecule has 3 nitrogen and oxygen atoms in total. The first kappa shape index (κ1) is 28.1. The normalized spacial score (nSPS) is 18.8. The molecule has 210 valence electrons. The molecule has 1 aliphatic heterocycles. The summed E-state index contributed by atoms with van der Waals surface area (Å²) in [6, 6.07) is 21.6. The summed E-state index contributed by atoms with van der Waals surface area (Å²) < 4.78 is 80.8. The van der Waals surface area contributed by atoms with E-state index in [-0.39, 0.29) is 30.3 Å². The number of nitrogens with one attached hydrogen (secondary N) is 1. The lowest BCUT2D eigenvalue weighted by atomic mass is 9.91. The first-order valence-electron chi connectivity index (χ1n) is 13.2. The van der Waals surface area contributed by atoms with Gasteiger partial charge in [-0.25, -0.2) is 0 Å². The highest BCUT2D eigenvalue weighted by Gasteiger charge is 2.37. The van der Waals surface area contributed by atoms with Crippen molar-refractivity contribution >= 4 is 10.9 Å². The molecule has 1 aromatic heterocycles. The molecular weight excluding hydrogens is 528 g/mol. The molecule has 0 aliphatic carbocycles. The van der Waals surface area contributed by atoms with Gasteiger partial charge < -0.3 is 5.32 Å². The minimum Gasteiger partial charge on any atom is -0.310 e. The summed E-state index contributed by atoms with van der Waals surface area (Å²) in [4.78, 5) is 6.43. The molecule has 5 rings (SSSR count). The van der Waals surface area contributed by atoms with E-state index in [1.807, 2.05) is 65.6 Å². The maximum atomic E-state index is 13.5. The maximum Gasteiger partial charge on any atom is 0.416 e. The van der Waals surface area contributed by atoms with Crippen LogP contribution >= 0.6 is 0 Å². The van der Waals surface area contributed by atoms with E-state index in [1.54, 1.807) is 6.20 Å². The van der Waals surface area contributed by atoms with Crippen LogP contribution in [-0.2, 0) is 31.9 Å². The highest BCUT2D eigenvalue weighted by Crippen LogP contribution is 2.37. The molecule has 0 amide bonds. The van der Waals surface area contributed by atoms with Crippen molar-refractivity contribution in [3.8, 4) is 0 Å². The van der Waals surface area contributed by atoms with Crippen LogP contribution in [0.2, 0.25) is 0 Å². The quantitative estimate of drug-likeness (QED) is 0.237. The number of aromatic nitrogens is 1. The zero-order valence-corrected chi connectivity index (χ0v) is 21.6. The predicted molar refractivity (Wildman–Crippen MR) is 142 cm³/mol. The Hall–Kier alpha value is -3.43. The van der Waals surface area contributed by atoms with Crippen LogP contribution in [0, 0.1) is 0 Å². The van der Waals surface area contributed by atoms with Crippen molar-refractivity contribution in [3.63, 3.8) is 0 Å². The lowest BCUT2D eigenvalue weighted by Gasteiger charge is -2.40. The Kier molecular flexibility index (Phi) is 8.14. The average molecular weight is 558 g/mol. The first-order chi connectivity index (χ1) is 19.1. The highest BCUT2D eigenvalue weighted by molar-refractivity contribution is 5.81. The summed E-state index contributed by atoms with van der Waals surface area (Å²) in [6.45, 7) is 1.18. The molecule has 2 unspecified atom stereocenters. The molecule has 0 radical (unpaired) electrons. The van der Waals surface area contributed by atoms with Crippen molar-refractivity contribution in [2.24, 2.45) is 0 Å². The fraction of sp³-hybridized carbons (Fsp3) is 0.323. The number of halogens is 6. The molecule has 0 saturated carbocycles. The number of likely N-dealkylation sites (tertiary alicyclic amines) is 1. The van der Waals surface area contributed by atoms with Crippen molar-refractivity contribution in [2.75, 3.05) is 6.54 Å². The Morgan fingerprint density at radius 2 is 1.48 bits per heavy atom. The van der Waals surface area contributed by atoms with Crippen molar-refractivity contribution in [1.82, 2.24) is 15.2 Å². The van der Waals surface area contributed by atoms with Crippen molar-refractivity contribution in [3.05, 3.63) is 113 Å². The number of fused-ring (bicyclic) bond motifs is 1. The third kappa shape index (κ3) is 6.82.